The summed E-state index contributed by atoms with van der Waals surface area (Å²) in [7, 11) is 0. The van der Waals surface area contributed by atoms with Crippen molar-refractivity contribution in [2.24, 2.45) is 17.8 Å². The number of fused-ring (bicyclic) bond motifs is 3. The van der Waals surface area contributed by atoms with Gasteiger partial charge in [0.15, 0.2) is 0 Å². The van der Waals surface area contributed by atoms with Crippen molar-refractivity contribution in [3.8, 4) is 0 Å². The zero-order chi connectivity index (χ0) is 14.1. The first-order chi connectivity index (χ1) is 9.67. The van der Waals surface area contributed by atoms with Crippen LogP contribution >= 0.6 is 0 Å². The lowest BCUT2D eigenvalue weighted by molar-refractivity contribution is -0.0204. The van der Waals surface area contributed by atoms with Gasteiger partial charge in [0.25, 0.3) is 0 Å². The molecule has 3 aliphatic heterocycles. The Kier molecular flexibility index (Phi) is 4.68. The van der Waals surface area contributed by atoms with E-state index in [0.717, 1.165) is 30.3 Å². The lowest BCUT2D eigenvalue weighted by atomic mass is 9.71. The highest BCUT2D eigenvalue weighted by atomic mass is 15.4. The molecular weight excluding hydrogens is 246 g/mol. The number of piperazine rings is 3. The molecule has 0 spiro atoms. The van der Waals surface area contributed by atoms with Gasteiger partial charge in [-0.3, -0.25) is 9.80 Å². The summed E-state index contributed by atoms with van der Waals surface area (Å²) in [5.74, 6) is 2.72. The van der Waals surface area contributed by atoms with Crippen LogP contribution in [0.25, 0.3) is 0 Å². The van der Waals surface area contributed by atoms with Crippen molar-refractivity contribution in [3.63, 3.8) is 0 Å². The normalized spacial score (nSPS) is 46.4. The van der Waals surface area contributed by atoms with E-state index in [9.17, 15) is 0 Å². The van der Waals surface area contributed by atoms with Crippen molar-refractivity contribution in [1.29, 1.82) is 0 Å². The lowest BCUT2D eigenvalue weighted by Crippen LogP contribution is -2.67. The quantitative estimate of drug-likeness (QED) is 0.849. The highest BCUT2D eigenvalue weighted by Gasteiger charge is 2.41. The van der Waals surface area contributed by atoms with Crippen LogP contribution in [0.1, 0.15) is 40.0 Å². The van der Waals surface area contributed by atoms with Gasteiger partial charge in [0.1, 0.15) is 0 Å². The molecule has 3 saturated heterocycles. The minimum absolute atomic E-state index is 0.716. The summed E-state index contributed by atoms with van der Waals surface area (Å²) in [6.45, 7) is 14.8. The third kappa shape index (κ3) is 3.05. The molecule has 20 heavy (non-hydrogen) atoms. The maximum absolute atomic E-state index is 3.88. The molecule has 0 aromatic heterocycles. The molecule has 0 aromatic carbocycles. The van der Waals surface area contributed by atoms with Gasteiger partial charge >= 0.3 is 0 Å². The Balaban J connectivity index is 1.71. The van der Waals surface area contributed by atoms with Crippen LogP contribution in [0, 0.1) is 17.8 Å². The summed E-state index contributed by atoms with van der Waals surface area (Å²) >= 11 is 0. The van der Waals surface area contributed by atoms with Crippen LogP contribution in [0.3, 0.4) is 0 Å². The molecule has 4 atom stereocenters. The zero-order valence-electron chi connectivity index (χ0n) is 13.6. The van der Waals surface area contributed by atoms with E-state index in [4.69, 9.17) is 0 Å². The summed E-state index contributed by atoms with van der Waals surface area (Å²) in [5, 5.41) is 3.88. The van der Waals surface area contributed by atoms with Gasteiger partial charge in [0, 0.05) is 44.8 Å². The Bertz CT molecular complexity index is 301. The van der Waals surface area contributed by atoms with Crippen LogP contribution in [0.4, 0.5) is 0 Å². The first-order valence-corrected chi connectivity index (χ1v) is 8.87. The second kappa shape index (κ2) is 6.33. The van der Waals surface area contributed by atoms with Crippen molar-refractivity contribution in [2.75, 3.05) is 39.3 Å². The monoisotopic (exact) mass is 279 g/mol. The van der Waals surface area contributed by atoms with E-state index in [2.05, 4.69) is 35.9 Å². The van der Waals surface area contributed by atoms with Crippen molar-refractivity contribution < 1.29 is 0 Å². The Labute approximate surface area is 125 Å². The molecule has 0 amide bonds. The van der Waals surface area contributed by atoms with Crippen molar-refractivity contribution in [2.45, 2.75) is 52.1 Å². The molecule has 4 aliphatic rings. The van der Waals surface area contributed by atoms with Crippen LogP contribution in [-0.4, -0.2) is 61.2 Å². The molecule has 2 bridgehead atoms. The van der Waals surface area contributed by atoms with E-state index in [0.29, 0.717) is 6.04 Å². The summed E-state index contributed by atoms with van der Waals surface area (Å²) in [6, 6.07) is 1.48. The molecule has 1 aliphatic carbocycles. The third-order valence-electron chi connectivity index (χ3n) is 5.90. The Morgan fingerprint density at radius 3 is 2.15 bits per heavy atom. The molecule has 1 saturated carbocycles. The fraction of sp³-hybridized carbons (Fsp3) is 1.00. The Morgan fingerprint density at radius 1 is 1.00 bits per heavy atom. The van der Waals surface area contributed by atoms with Crippen LogP contribution in [-0.2, 0) is 0 Å². The largest absolute Gasteiger partial charge is 0.312 e. The van der Waals surface area contributed by atoms with Gasteiger partial charge in [-0.05, 0) is 43.6 Å². The molecule has 4 unspecified atom stereocenters. The van der Waals surface area contributed by atoms with E-state index in [1.54, 1.807) is 0 Å². The summed E-state index contributed by atoms with van der Waals surface area (Å²) < 4.78 is 0. The van der Waals surface area contributed by atoms with E-state index >= 15 is 0 Å². The predicted molar refractivity (Wildman–Crippen MR) is 84.9 cm³/mol. The molecular formula is C17H33N3. The van der Waals surface area contributed by atoms with Crippen molar-refractivity contribution >= 4 is 0 Å². The number of nitrogens with one attached hydrogen (secondary N) is 1. The highest BCUT2D eigenvalue weighted by molar-refractivity contribution is 4.98. The van der Waals surface area contributed by atoms with Gasteiger partial charge in [-0.1, -0.05) is 20.8 Å². The van der Waals surface area contributed by atoms with Crippen LogP contribution in [0.5, 0.6) is 0 Å². The summed E-state index contributed by atoms with van der Waals surface area (Å²) in [5.41, 5.74) is 0. The molecule has 3 nitrogen and oxygen atoms in total. The molecule has 116 valence electrons. The number of likely N-dealkylation sites (N-methyl/N-ethyl adjacent to an activating group) is 1. The van der Waals surface area contributed by atoms with Gasteiger partial charge in [-0.2, -0.15) is 0 Å². The van der Waals surface area contributed by atoms with Gasteiger partial charge < -0.3 is 5.32 Å². The molecule has 3 heteroatoms. The average Bonchev–Trinajstić information content (AvgIpc) is 2.45. The van der Waals surface area contributed by atoms with Crippen LogP contribution in [0.2, 0.25) is 0 Å². The smallest absolute Gasteiger partial charge is 0.0380 e. The second-order valence-electron chi connectivity index (χ2n) is 7.66. The van der Waals surface area contributed by atoms with Crippen molar-refractivity contribution in [3.05, 3.63) is 0 Å². The first kappa shape index (κ1) is 14.8. The lowest BCUT2D eigenvalue weighted by Gasteiger charge is -2.52. The maximum atomic E-state index is 3.88. The number of hydrogen-bond donors (Lipinski definition) is 1. The first-order valence-electron chi connectivity index (χ1n) is 8.87. The van der Waals surface area contributed by atoms with Gasteiger partial charge in [-0.15, -0.1) is 0 Å². The number of hydrogen-bond acceptors (Lipinski definition) is 3. The van der Waals surface area contributed by atoms with Crippen LogP contribution < -0.4 is 5.32 Å². The van der Waals surface area contributed by atoms with Crippen LogP contribution in [0.15, 0.2) is 0 Å². The molecule has 1 N–H and O–H groups in total. The second-order valence-corrected chi connectivity index (χ2v) is 7.66. The molecule has 0 radical (unpaired) electrons. The SMILES string of the molecule is CCNC(C1CC(C)CC(C)C1)C1CN2CCN1CC2. The fourth-order valence-electron chi connectivity index (χ4n) is 5.15. The summed E-state index contributed by atoms with van der Waals surface area (Å²) in [4.78, 5) is 5.46. The number of rotatable bonds is 4. The molecule has 4 rings (SSSR count). The fourth-order valence-corrected chi connectivity index (χ4v) is 5.15. The van der Waals surface area contributed by atoms with Crippen molar-refractivity contribution in [1.82, 2.24) is 15.1 Å². The maximum Gasteiger partial charge on any atom is 0.0380 e. The number of nitrogens with zero attached hydrogens (tertiary/aromatic N) is 2. The highest BCUT2D eigenvalue weighted by Crippen LogP contribution is 2.37. The average molecular weight is 279 g/mol. The standard InChI is InChI=1S/C17H33N3/c1-4-18-17(15-10-13(2)9-14(3)11-15)16-12-19-5-7-20(16)8-6-19/h13-18H,4-12H2,1-3H3. The Morgan fingerprint density at radius 2 is 1.65 bits per heavy atom. The third-order valence-corrected chi connectivity index (χ3v) is 5.90. The van der Waals surface area contributed by atoms with Gasteiger partial charge in [0.2, 0.25) is 0 Å². The molecule has 4 fully saturated rings. The Hall–Kier alpha value is -0.120. The van der Waals surface area contributed by atoms with E-state index < -0.39 is 0 Å². The van der Waals surface area contributed by atoms with Gasteiger partial charge in [0.05, 0.1) is 0 Å². The topological polar surface area (TPSA) is 18.5 Å². The zero-order valence-corrected chi connectivity index (χ0v) is 13.6. The molecule has 0 aromatic rings. The van der Waals surface area contributed by atoms with Gasteiger partial charge in [-0.25, -0.2) is 0 Å². The predicted octanol–water partition coefficient (Wildman–Crippen LogP) is 2.04. The van der Waals surface area contributed by atoms with E-state index in [1.165, 1.54) is 52.0 Å². The molecule has 3 heterocycles. The minimum Gasteiger partial charge on any atom is -0.312 e. The summed E-state index contributed by atoms with van der Waals surface area (Å²) in [6.07, 6.45) is 4.31. The minimum atomic E-state index is 0.716. The van der Waals surface area contributed by atoms with E-state index in [1.807, 2.05) is 0 Å². The van der Waals surface area contributed by atoms with E-state index in [-0.39, 0.29) is 0 Å².